The summed E-state index contributed by atoms with van der Waals surface area (Å²) in [5, 5.41) is 5.51. The van der Waals surface area contributed by atoms with Crippen LogP contribution in [0.3, 0.4) is 0 Å². The highest BCUT2D eigenvalue weighted by Gasteiger charge is 2.17. The molecule has 0 radical (unpaired) electrons. The van der Waals surface area contributed by atoms with Crippen LogP contribution in [-0.4, -0.2) is 18.1 Å². The normalized spacial score (nSPS) is 15.8. The molecule has 1 heterocycles. The highest BCUT2D eigenvalue weighted by molar-refractivity contribution is 6.03. The molecular formula is C15H19N3O. The second-order valence-electron chi connectivity index (χ2n) is 5.06. The summed E-state index contributed by atoms with van der Waals surface area (Å²) in [5.41, 5.74) is 6.86. The van der Waals surface area contributed by atoms with E-state index in [9.17, 15) is 0 Å². The van der Waals surface area contributed by atoms with Crippen molar-refractivity contribution in [3.8, 4) is 5.75 Å². The Balaban J connectivity index is 2.08. The van der Waals surface area contributed by atoms with Crippen molar-refractivity contribution in [2.24, 2.45) is 0 Å². The van der Waals surface area contributed by atoms with E-state index in [4.69, 9.17) is 10.5 Å². The second kappa shape index (κ2) is 4.96. The van der Waals surface area contributed by atoms with Crippen LogP contribution in [0.2, 0.25) is 0 Å². The smallest absolute Gasteiger partial charge is 0.136 e. The molecule has 1 aromatic carbocycles. The van der Waals surface area contributed by atoms with E-state index in [0.717, 1.165) is 28.0 Å². The molecule has 19 heavy (non-hydrogen) atoms. The number of nitrogens with one attached hydrogen (secondary N) is 1. The number of aromatic nitrogens is 1. The first-order valence-electron chi connectivity index (χ1n) is 6.77. The minimum absolute atomic E-state index is 0.517. The van der Waals surface area contributed by atoms with Crippen LogP contribution in [0.1, 0.15) is 25.7 Å². The lowest BCUT2D eigenvalue weighted by Gasteiger charge is -2.16. The molecule has 4 heteroatoms. The number of benzene rings is 1. The van der Waals surface area contributed by atoms with Crippen LogP contribution < -0.4 is 15.8 Å². The molecule has 3 rings (SSSR count). The van der Waals surface area contributed by atoms with Crippen LogP contribution in [0.25, 0.3) is 10.8 Å². The number of nitrogens with two attached hydrogens (primary N) is 1. The minimum Gasteiger partial charge on any atom is -0.496 e. The van der Waals surface area contributed by atoms with Gasteiger partial charge in [0.05, 0.1) is 12.5 Å². The van der Waals surface area contributed by atoms with Crippen LogP contribution in [0, 0.1) is 0 Å². The Labute approximate surface area is 113 Å². The summed E-state index contributed by atoms with van der Waals surface area (Å²) in [6.07, 6.45) is 6.81. The number of nitrogens with zero attached hydrogens (tertiary/aromatic N) is 1. The third-order valence-corrected chi connectivity index (χ3v) is 3.84. The maximum absolute atomic E-state index is 6.12. The molecule has 0 amide bonds. The molecule has 0 unspecified atom stereocenters. The zero-order valence-electron chi connectivity index (χ0n) is 11.1. The molecule has 100 valence electrons. The summed E-state index contributed by atoms with van der Waals surface area (Å²) >= 11 is 0. The van der Waals surface area contributed by atoms with Gasteiger partial charge in [0.2, 0.25) is 0 Å². The number of hydrogen-bond acceptors (Lipinski definition) is 4. The Morgan fingerprint density at radius 3 is 2.79 bits per heavy atom. The summed E-state index contributed by atoms with van der Waals surface area (Å²) < 4.78 is 5.40. The molecule has 0 atom stereocenters. The molecule has 0 saturated heterocycles. The molecule has 1 saturated carbocycles. The quantitative estimate of drug-likeness (QED) is 0.829. The number of methoxy groups -OCH3 is 1. The molecule has 0 bridgehead atoms. The number of pyridine rings is 1. The molecule has 1 fully saturated rings. The summed E-state index contributed by atoms with van der Waals surface area (Å²) in [6, 6.07) is 6.24. The Kier molecular flexibility index (Phi) is 3.15. The highest BCUT2D eigenvalue weighted by atomic mass is 16.5. The van der Waals surface area contributed by atoms with Crippen LogP contribution in [0.15, 0.2) is 24.4 Å². The number of anilines is 2. The first kappa shape index (κ1) is 12.1. The fraction of sp³-hybridized carbons (Fsp3) is 0.400. The standard InChI is InChI=1S/C15H19N3O/c1-19-13-7-6-12(16)14-11(13)8-9-17-15(14)18-10-4-2-3-5-10/h6-10H,2-5,16H2,1H3,(H,17,18). The van der Waals surface area contributed by atoms with E-state index in [1.165, 1.54) is 25.7 Å². The maximum Gasteiger partial charge on any atom is 0.136 e. The largest absolute Gasteiger partial charge is 0.496 e. The average Bonchev–Trinajstić information content (AvgIpc) is 2.92. The molecule has 1 aliphatic rings. The molecule has 3 N–H and O–H groups in total. The first-order chi connectivity index (χ1) is 9.29. The zero-order valence-corrected chi connectivity index (χ0v) is 11.1. The van der Waals surface area contributed by atoms with E-state index >= 15 is 0 Å². The van der Waals surface area contributed by atoms with Gasteiger partial charge in [0.15, 0.2) is 0 Å². The Hall–Kier alpha value is -1.97. The predicted molar refractivity (Wildman–Crippen MR) is 78.6 cm³/mol. The molecule has 0 spiro atoms. The lowest BCUT2D eigenvalue weighted by atomic mass is 10.1. The van der Waals surface area contributed by atoms with Crippen LogP contribution in [0.4, 0.5) is 11.5 Å². The third kappa shape index (κ3) is 2.18. The topological polar surface area (TPSA) is 60.2 Å². The molecule has 0 aliphatic heterocycles. The molecular weight excluding hydrogens is 238 g/mol. The van der Waals surface area contributed by atoms with Gasteiger partial charge in [-0.3, -0.25) is 0 Å². The van der Waals surface area contributed by atoms with E-state index < -0.39 is 0 Å². The van der Waals surface area contributed by atoms with Crippen LogP contribution in [-0.2, 0) is 0 Å². The summed E-state index contributed by atoms with van der Waals surface area (Å²) in [7, 11) is 1.68. The van der Waals surface area contributed by atoms with Crippen molar-refractivity contribution >= 4 is 22.3 Å². The monoisotopic (exact) mass is 257 g/mol. The van der Waals surface area contributed by atoms with Crippen molar-refractivity contribution in [3.63, 3.8) is 0 Å². The van der Waals surface area contributed by atoms with Gasteiger partial charge in [-0.15, -0.1) is 0 Å². The molecule has 1 aromatic heterocycles. The Morgan fingerprint density at radius 1 is 1.26 bits per heavy atom. The van der Waals surface area contributed by atoms with E-state index in [1.54, 1.807) is 7.11 Å². The van der Waals surface area contributed by atoms with E-state index in [2.05, 4.69) is 10.3 Å². The van der Waals surface area contributed by atoms with Gasteiger partial charge in [-0.05, 0) is 31.0 Å². The van der Waals surface area contributed by atoms with Gasteiger partial charge in [-0.25, -0.2) is 4.98 Å². The SMILES string of the molecule is COc1ccc(N)c2c(NC3CCCC3)nccc12. The number of hydrogen-bond donors (Lipinski definition) is 2. The van der Waals surface area contributed by atoms with Gasteiger partial charge in [0, 0.05) is 23.3 Å². The average molecular weight is 257 g/mol. The van der Waals surface area contributed by atoms with Gasteiger partial charge in [-0.1, -0.05) is 12.8 Å². The lowest BCUT2D eigenvalue weighted by Crippen LogP contribution is -2.16. The first-order valence-corrected chi connectivity index (χ1v) is 6.77. The van der Waals surface area contributed by atoms with Gasteiger partial charge in [0.1, 0.15) is 11.6 Å². The number of rotatable bonds is 3. The summed E-state index contributed by atoms with van der Waals surface area (Å²) in [5.74, 6) is 1.71. The van der Waals surface area contributed by atoms with Crippen molar-refractivity contribution in [2.75, 3.05) is 18.2 Å². The van der Waals surface area contributed by atoms with Gasteiger partial charge < -0.3 is 15.8 Å². The van der Waals surface area contributed by atoms with Gasteiger partial charge in [-0.2, -0.15) is 0 Å². The van der Waals surface area contributed by atoms with Gasteiger partial charge >= 0.3 is 0 Å². The van der Waals surface area contributed by atoms with E-state index in [1.807, 2.05) is 24.4 Å². The van der Waals surface area contributed by atoms with Crippen LogP contribution in [0.5, 0.6) is 5.75 Å². The molecule has 2 aromatic rings. The zero-order chi connectivity index (χ0) is 13.2. The van der Waals surface area contributed by atoms with Crippen molar-refractivity contribution < 1.29 is 4.74 Å². The number of fused-ring (bicyclic) bond motifs is 1. The maximum atomic E-state index is 6.12. The third-order valence-electron chi connectivity index (χ3n) is 3.84. The predicted octanol–water partition coefficient (Wildman–Crippen LogP) is 3.18. The summed E-state index contributed by atoms with van der Waals surface area (Å²) in [6.45, 7) is 0. The van der Waals surface area contributed by atoms with Crippen molar-refractivity contribution in [2.45, 2.75) is 31.7 Å². The van der Waals surface area contributed by atoms with Crippen LogP contribution >= 0.6 is 0 Å². The van der Waals surface area contributed by atoms with Crippen molar-refractivity contribution in [1.82, 2.24) is 4.98 Å². The highest BCUT2D eigenvalue weighted by Crippen LogP contribution is 2.35. The Morgan fingerprint density at radius 2 is 2.05 bits per heavy atom. The van der Waals surface area contributed by atoms with Crippen molar-refractivity contribution in [3.05, 3.63) is 24.4 Å². The van der Waals surface area contributed by atoms with E-state index in [-0.39, 0.29) is 0 Å². The fourth-order valence-electron chi connectivity index (χ4n) is 2.85. The number of ether oxygens (including phenoxy) is 1. The van der Waals surface area contributed by atoms with E-state index in [0.29, 0.717) is 6.04 Å². The molecule has 1 aliphatic carbocycles. The minimum atomic E-state index is 0.517. The Bertz CT molecular complexity index is 591. The summed E-state index contributed by atoms with van der Waals surface area (Å²) in [4.78, 5) is 4.46. The molecule has 4 nitrogen and oxygen atoms in total. The van der Waals surface area contributed by atoms with Crippen molar-refractivity contribution in [1.29, 1.82) is 0 Å². The number of nitrogen functional groups attached to an aromatic ring is 1. The second-order valence-corrected chi connectivity index (χ2v) is 5.06. The fourth-order valence-corrected chi connectivity index (χ4v) is 2.85. The lowest BCUT2D eigenvalue weighted by molar-refractivity contribution is 0.420. The van der Waals surface area contributed by atoms with Gasteiger partial charge in [0.25, 0.3) is 0 Å².